The van der Waals surface area contributed by atoms with E-state index in [4.69, 9.17) is 4.74 Å². The number of hydrogen-bond donors (Lipinski definition) is 0. The van der Waals surface area contributed by atoms with Crippen LogP contribution in [0.5, 0.6) is 0 Å². The average molecular weight is 315 g/mol. The molecule has 23 heavy (non-hydrogen) atoms. The van der Waals surface area contributed by atoms with Crippen molar-refractivity contribution in [2.45, 2.75) is 20.4 Å². The van der Waals surface area contributed by atoms with Gasteiger partial charge in [-0.1, -0.05) is 19.1 Å². The number of tetrazole rings is 1. The lowest BCUT2D eigenvalue weighted by atomic mass is 9.88. The van der Waals surface area contributed by atoms with Gasteiger partial charge in [0, 0.05) is 24.6 Å². The number of nitrogens with zero attached hydrogens (tertiary/aromatic N) is 5. The van der Waals surface area contributed by atoms with Crippen LogP contribution < -0.4 is 0 Å². The zero-order valence-electron chi connectivity index (χ0n) is 13.7. The first-order valence-electron chi connectivity index (χ1n) is 7.62. The van der Waals surface area contributed by atoms with Gasteiger partial charge in [-0.25, -0.2) is 4.68 Å². The predicted octanol–water partition coefficient (Wildman–Crippen LogP) is 1.14. The van der Waals surface area contributed by atoms with Gasteiger partial charge >= 0.3 is 0 Å². The number of benzene rings is 1. The Bertz CT molecular complexity index is 691. The highest BCUT2D eigenvalue weighted by atomic mass is 16.5. The van der Waals surface area contributed by atoms with Crippen LogP contribution in [0.4, 0.5) is 0 Å². The third kappa shape index (κ3) is 3.39. The van der Waals surface area contributed by atoms with Crippen LogP contribution in [0.2, 0.25) is 0 Å². The van der Waals surface area contributed by atoms with Crippen molar-refractivity contribution < 1.29 is 9.53 Å². The Morgan fingerprint density at radius 1 is 1.35 bits per heavy atom. The molecule has 1 aliphatic rings. The number of rotatable bonds is 5. The monoisotopic (exact) mass is 315 g/mol. The van der Waals surface area contributed by atoms with E-state index in [1.807, 2.05) is 38.2 Å². The van der Waals surface area contributed by atoms with Crippen molar-refractivity contribution in [2.75, 3.05) is 26.8 Å². The number of amides is 1. The van der Waals surface area contributed by atoms with Gasteiger partial charge in [0.2, 0.25) is 0 Å². The lowest BCUT2D eigenvalue weighted by molar-refractivity contribution is -0.109. The molecule has 1 aromatic heterocycles. The zero-order chi connectivity index (χ0) is 16.4. The molecule has 122 valence electrons. The second kappa shape index (κ2) is 6.08. The maximum absolute atomic E-state index is 12.5. The maximum Gasteiger partial charge on any atom is 0.253 e. The maximum atomic E-state index is 12.5. The molecule has 0 radical (unpaired) electrons. The van der Waals surface area contributed by atoms with E-state index < -0.39 is 0 Å². The molecule has 1 saturated heterocycles. The van der Waals surface area contributed by atoms with Crippen LogP contribution in [0.3, 0.4) is 0 Å². The van der Waals surface area contributed by atoms with E-state index in [2.05, 4.69) is 22.4 Å². The molecule has 7 nitrogen and oxygen atoms in total. The number of carbonyl (C=O) groups excluding carboxylic acids is 1. The van der Waals surface area contributed by atoms with E-state index in [0.717, 1.165) is 24.6 Å². The normalized spacial score (nSPS) is 16.0. The summed E-state index contributed by atoms with van der Waals surface area (Å²) in [5.41, 5.74) is 1.83. The van der Waals surface area contributed by atoms with Gasteiger partial charge in [-0.05, 0) is 35.0 Å². The van der Waals surface area contributed by atoms with Crippen molar-refractivity contribution in [1.29, 1.82) is 0 Å². The molecule has 3 rings (SSSR count). The smallest absolute Gasteiger partial charge is 0.253 e. The van der Waals surface area contributed by atoms with Crippen molar-refractivity contribution in [3.63, 3.8) is 0 Å². The summed E-state index contributed by atoms with van der Waals surface area (Å²) in [6, 6.07) is 7.59. The highest BCUT2D eigenvalue weighted by molar-refractivity contribution is 5.94. The van der Waals surface area contributed by atoms with Crippen molar-refractivity contribution in [1.82, 2.24) is 25.1 Å². The number of aryl methyl sites for hydroxylation is 1. The van der Waals surface area contributed by atoms with E-state index in [1.165, 1.54) is 0 Å². The Morgan fingerprint density at radius 2 is 2.04 bits per heavy atom. The molecular weight excluding hydrogens is 294 g/mol. The van der Waals surface area contributed by atoms with Gasteiger partial charge in [-0.15, -0.1) is 5.10 Å². The molecular formula is C16H21N5O2. The van der Waals surface area contributed by atoms with Crippen LogP contribution in [0.25, 0.3) is 0 Å². The minimum atomic E-state index is 0.0308. The molecule has 0 N–H and O–H groups in total. The summed E-state index contributed by atoms with van der Waals surface area (Å²) in [5.74, 6) is 0.795. The van der Waals surface area contributed by atoms with Crippen LogP contribution in [-0.2, 0) is 11.3 Å². The standard InChI is InChI=1S/C16H21N5O2/c1-12-17-18-19-21(12)8-13-4-6-14(7-5-13)15(22)20(3)9-16(2)10-23-11-16/h4-7H,8-11H2,1-3H3. The van der Waals surface area contributed by atoms with E-state index in [9.17, 15) is 4.79 Å². The lowest BCUT2D eigenvalue weighted by Crippen LogP contribution is -2.49. The second-order valence-electron chi connectivity index (χ2n) is 6.55. The lowest BCUT2D eigenvalue weighted by Gasteiger charge is -2.40. The summed E-state index contributed by atoms with van der Waals surface area (Å²) in [6.07, 6.45) is 0. The molecule has 0 spiro atoms. The van der Waals surface area contributed by atoms with Crippen molar-refractivity contribution >= 4 is 5.91 Å². The highest BCUT2D eigenvalue weighted by Crippen LogP contribution is 2.27. The van der Waals surface area contributed by atoms with Crippen LogP contribution >= 0.6 is 0 Å². The van der Waals surface area contributed by atoms with Gasteiger partial charge in [0.1, 0.15) is 5.82 Å². The van der Waals surface area contributed by atoms with E-state index >= 15 is 0 Å². The largest absolute Gasteiger partial charge is 0.380 e. The Morgan fingerprint density at radius 3 is 2.57 bits per heavy atom. The fourth-order valence-corrected chi connectivity index (χ4v) is 2.73. The van der Waals surface area contributed by atoms with Crippen molar-refractivity contribution in [3.05, 3.63) is 41.2 Å². The summed E-state index contributed by atoms with van der Waals surface area (Å²) in [6.45, 7) is 6.73. The third-order valence-electron chi connectivity index (χ3n) is 4.11. The first-order valence-corrected chi connectivity index (χ1v) is 7.62. The number of aromatic nitrogens is 4. The first-order chi connectivity index (χ1) is 11.0. The second-order valence-corrected chi connectivity index (χ2v) is 6.55. The summed E-state index contributed by atoms with van der Waals surface area (Å²) in [7, 11) is 1.84. The molecule has 1 aliphatic heterocycles. The SMILES string of the molecule is Cc1nnnn1Cc1ccc(C(=O)N(C)CC2(C)COC2)cc1. The molecule has 1 fully saturated rings. The van der Waals surface area contributed by atoms with Gasteiger partial charge in [0.15, 0.2) is 0 Å². The Kier molecular flexibility index (Phi) is 4.12. The molecule has 1 amide bonds. The molecule has 1 aromatic carbocycles. The molecule has 2 aromatic rings. The van der Waals surface area contributed by atoms with Gasteiger partial charge in [-0.2, -0.15) is 0 Å². The number of ether oxygens (including phenoxy) is 1. The zero-order valence-corrected chi connectivity index (χ0v) is 13.7. The Hall–Kier alpha value is -2.28. The van der Waals surface area contributed by atoms with Gasteiger partial charge in [-0.3, -0.25) is 4.79 Å². The Balaban J connectivity index is 1.64. The first kappa shape index (κ1) is 15.6. The summed E-state index contributed by atoms with van der Waals surface area (Å²) in [5, 5.41) is 11.4. The van der Waals surface area contributed by atoms with Crippen molar-refractivity contribution in [2.24, 2.45) is 5.41 Å². The molecule has 0 unspecified atom stereocenters. The predicted molar refractivity (Wildman–Crippen MR) is 84.0 cm³/mol. The van der Waals surface area contributed by atoms with Gasteiger partial charge in [0.05, 0.1) is 19.8 Å². The highest BCUT2D eigenvalue weighted by Gasteiger charge is 2.35. The Labute approximate surface area is 135 Å². The molecule has 0 aliphatic carbocycles. The van der Waals surface area contributed by atoms with Crippen molar-refractivity contribution in [3.8, 4) is 0 Å². The van der Waals surface area contributed by atoms with E-state index in [-0.39, 0.29) is 11.3 Å². The van der Waals surface area contributed by atoms with Crippen LogP contribution in [0.1, 0.15) is 28.7 Å². The van der Waals surface area contributed by atoms with Gasteiger partial charge < -0.3 is 9.64 Å². The van der Waals surface area contributed by atoms with E-state index in [0.29, 0.717) is 18.7 Å². The fraction of sp³-hybridized carbons (Fsp3) is 0.500. The average Bonchev–Trinajstić information content (AvgIpc) is 2.91. The summed E-state index contributed by atoms with van der Waals surface area (Å²) < 4.78 is 6.97. The van der Waals surface area contributed by atoms with Crippen LogP contribution in [-0.4, -0.2) is 57.8 Å². The number of hydrogen-bond acceptors (Lipinski definition) is 5. The summed E-state index contributed by atoms with van der Waals surface area (Å²) >= 11 is 0. The summed E-state index contributed by atoms with van der Waals surface area (Å²) in [4.78, 5) is 14.3. The molecule has 7 heteroatoms. The number of carbonyl (C=O) groups is 1. The van der Waals surface area contributed by atoms with Crippen LogP contribution in [0, 0.1) is 12.3 Å². The molecule has 0 atom stereocenters. The molecule has 2 heterocycles. The van der Waals surface area contributed by atoms with E-state index in [1.54, 1.807) is 9.58 Å². The molecule has 0 saturated carbocycles. The van der Waals surface area contributed by atoms with Gasteiger partial charge in [0.25, 0.3) is 5.91 Å². The topological polar surface area (TPSA) is 73.1 Å². The minimum absolute atomic E-state index is 0.0308. The molecule has 0 bridgehead atoms. The fourth-order valence-electron chi connectivity index (χ4n) is 2.73. The van der Waals surface area contributed by atoms with Crippen LogP contribution in [0.15, 0.2) is 24.3 Å². The minimum Gasteiger partial charge on any atom is -0.380 e. The quantitative estimate of drug-likeness (QED) is 0.827. The third-order valence-corrected chi connectivity index (χ3v) is 4.11.